The molecular formula is C21H29N4O2S+. The van der Waals surface area contributed by atoms with Crippen molar-refractivity contribution in [2.45, 2.75) is 13.3 Å². The zero-order chi connectivity index (χ0) is 20.4. The van der Waals surface area contributed by atoms with Crippen molar-refractivity contribution < 1.29 is 14.4 Å². The zero-order valence-electron chi connectivity index (χ0n) is 16.7. The van der Waals surface area contributed by atoms with Gasteiger partial charge in [-0.15, -0.1) is 0 Å². The molecule has 0 aliphatic heterocycles. The number of thiocarbonyl (C=S) groups is 1. The highest BCUT2D eigenvalue weighted by Gasteiger charge is 2.07. The quantitative estimate of drug-likeness (QED) is 0.383. The van der Waals surface area contributed by atoms with Crippen molar-refractivity contribution in [1.29, 1.82) is 0 Å². The van der Waals surface area contributed by atoms with Crippen LogP contribution in [0.4, 0.5) is 11.4 Å². The number of hydrogen-bond donors (Lipinski definition) is 4. The third kappa shape index (κ3) is 7.54. The van der Waals surface area contributed by atoms with Crippen LogP contribution in [0.3, 0.4) is 0 Å². The molecule has 2 aromatic rings. The number of anilines is 2. The van der Waals surface area contributed by atoms with Crippen molar-refractivity contribution in [3.63, 3.8) is 0 Å². The molecule has 0 bridgehead atoms. The Balaban J connectivity index is 1.82. The van der Waals surface area contributed by atoms with Gasteiger partial charge in [0.1, 0.15) is 5.75 Å². The number of benzene rings is 2. The average Bonchev–Trinajstić information content (AvgIpc) is 2.67. The summed E-state index contributed by atoms with van der Waals surface area (Å²) in [5.41, 5.74) is 2.14. The third-order valence-electron chi connectivity index (χ3n) is 3.97. The first-order valence-electron chi connectivity index (χ1n) is 9.46. The molecule has 0 aliphatic rings. The predicted molar refractivity (Wildman–Crippen MR) is 119 cm³/mol. The molecule has 1 amide bonds. The first-order valence-corrected chi connectivity index (χ1v) is 9.87. The van der Waals surface area contributed by atoms with Crippen molar-refractivity contribution in [3.05, 3.63) is 54.1 Å². The van der Waals surface area contributed by atoms with E-state index in [4.69, 9.17) is 17.0 Å². The molecule has 0 heterocycles. The number of carbonyl (C=O) groups excluding carboxylic acids is 1. The van der Waals surface area contributed by atoms with Crippen molar-refractivity contribution in [2.24, 2.45) is 0 Å². The van der Waals surface area contributed by atoms with E-state index in [0.29, 0.717) is 17.3 Å². The fraction of sp³-hybridized carbons (Fsp3) is 0.333. The van der Waals surface area contributed by atoms with Crippen LogP contribution in [0, 0.1) is 0 Å². The van der Waals surface area contributed by atoms with Gasteiger partial charge >= 0.3 is 0 Å². The highest BCUT2D eigenvalue weighted by Crippen LogP contribution is 2.17. The largest absolute Gasteiger partial charge is 0.494 e. The second-order valence-corrected chi connectivity index (χ2v) is 7.09. The zero-order valence-corrected chi connectivity index (χ0v) is 17.5. The Kier molecular flexibility index (Phi) is 8.71. The van der Waals surface area contributed by atoms with Crippen LogP contribution in [0.5, 0.6) is 5.75 Å². The van der Waals surface area contributed by atoms with E-state index in [2.05, 4.69) is 30.0 Å². The number of quaternary nitrogens is 1. The van der Waals surface area contributed by atoms with E-state index in [0.717, 1.165) is 36.6 Å². The molecule has 0 spiro atoms. The van der Waals surface area contributed by atoms with Crippen molar-refractivity contribution in [2.75, 3.05) is 44.4 Å². The van der Waals surface area contributed by atoms with Gasteiger partial charge in [-0.25, -0.2) is 0 Å². The molecule has 4 N–H and O–H groups in total. The van der Waals surface area contributed by atoms with Gasteiger partial charge in [0.25, 0.3) is 5.91 Å². The van der Waals surface area contributed by atoms with Crippen LogP contribution in [0.1, 0.15) is 23.7 Å². The molecule has 6 nitrogen and oxygen atoms in total. The van der Waals surface area contributed by atoms with Gasteiger partial charge in [0.2, 0.25) is 0 Å². The molecular weight excluding hydrogens is 372 g/mol. The van der Waals surface area contributed by atoms with Gasteiger partial charge < -0.3 is 25.6 Å². The van der Waals surface area contributed by atoms with Crippen LogP contribution in [-0.4, -0.2) is 44.8 Å². The number of amides is 1. The average molecular weight is 402 g/mol. The molecule has 0 aromatic heterocycles. The molecule has 0 fully saturated rings. The van der Waals surface area contributed by atoms with E-state index in [1.165, 1.54) is 4.90 Å². The molecule has 0 radical (unpaired) electrons. The number of rotatable bonds is 9. The second kappa shape index (κ2) is 11.3. The SMILES string of the molecule is CCOc1ccc(NC(=O)c2ccc(NC(=S)NCCC[NH+](C)C)cc2)cc1. The first kappa shape index (κ1) is 21.7. The molecule has 2 aromatic carbocycles. The lowest BCUT2D eigenvalue weighted by atomic mass is 10.2. The first-order chi connectivity index (χ1) is 13.5. The lowest BCUT2D eigenvalue weighted by molar-refractivity contribution is -0.858. The molecule has 0 saturated heterocycles. The van der Waals surface area contributed by atoms with Gasteiger partial charge in [0, 0.05) is 29.9 Å². The van der Waals surface area contributed by atoms with Crippen molar-refractivity contribution in [1.82, 2.24) is 5.32 Å². The Morgan fingerprint density at radius 1 is 1.00 bits per heavy atom. The van der Waals surface area contributed by atoms with Crippen molar-refractivity contribution >= 4 is 34.6 Å². The smallest absolute Gasteiger partial charge is 0.255 e. The maximum atomic E-state index is 12.4. The highest BCUT2D eigenvalue weighted by molar-refractivity contribution is 7.80. The van der Waals surface area contributed by atoms with Crippen LogP contribution >= 0.6 is 12.2 Å². The van der Waals surface area contributed by atoms with E-state index >= 15 is 0 Å². The van der Waals surface area contributed by atoms with E-state index in [-0.39, 0.29) is 5.91 Å². The van der Waals surface area contributed by atoms with E-state index < -0.39 is 0 Å². The number of ether oxygens (including phenoxy) is 1. The number of hydrogen-bond acceptors (Lipinski definition) is 3. The van der Waals surface area contributed by atoms with Gasteiger partial charge in [-0.05, 0) is 67.7 Å². The lowest BCUT2D eigenvalue weighted by Gasteiger charge is -2.12. The van der Waals surface area contributed by atoms with Crippen LogP contribution in [0.25, 0.3) is 0 Å². The molecule has 150 valence electrons. The molecule has 7 heteroatoms. The molecule has 0 aliphatic carbocycles. The summed E-state index contributed by atoms with van der Waals surface area (Å²) in [4.78, 5) is 13.8. The van der Waals surface area contributed by atoms with Crippen LogP contribution in [0.2, 0.25) is 0 Å². The summed E-state index contributed by atoms with van der Waals surface area (Å²) in [6.45, 7) is 4.47. The maximum Gasteiger partial charge on any atom is 0.255 e. The summed E-state index contributed by atoms with van der Waals surface area (Å²) in [7, 11) is 4.26. The lowest BCUT2D eigenvalue weighted by Crippen LogP contribution is -3.05. The van der Waals surface area contributed by atoms with Gasteiger partial charge in [-0.2, -0.15) is 0 Å². The maximum absolute atomic E-state index is 12.4. The normalized spacial score (nSPS) is 10.4. The molecule has 2 rings (SSSR count). The molecule has 0 unspecified atom stereocenters. The van der Waals surface area contributed by atoms with Crippen LogP contribution in [-0.2, 0) is 0 Å². The monoisotopic (exact) mass is 401 g/mol. The minimum atomic E-state index is -0.164. The molecule has 0 atom stereocenters. The third-order valence-corrected chi connectivity index (χ3v) is 4.21. The van der Waals surface area contributed by atoms with Gasteiger partial charge in [0.15, 0.2) is 5.11 Å². The van der Waals surface area contributed by atoms with Gasteiger partial charge in [-0.1, -0.05) is 0 Å². The summed E-state index contributed by atoms with van der Waals surface area (Å²) in [5.74, 6) is 0.617. The second-order valence-electron chi connectivity index (χ2n) is 6.68. The van der Waals surface area contributed by atoms with Crippen LogP contribution < -0.4 is 25.6 Å². The summed E-state index contributed by atoms with van der Waals surface area (Å²) in [5, 5.41) is 9.78. The van der Waals surface area contributed by atoms with E-state index in [1.54, 1.807) is 12.1 Å². The van der Waals surface area contributed by atoms with Crippen LogP contribution in [0.15, 0.2) is 48.5 Å². The van der Waals surface area contributed by atoms with Crippen molar-refractivity contribution in [3.8, 4) is 5.75 Å². The number of carbonyl (C=O) groups is 1. The number of nitrogens with one attached hydrogen (secondary N) is 4. The Labute approximate surface area is 172 Å². The summed E-state index contributed by atoms with van der Waals surface area (Å²) < 4.78 is 5.40. The Morgan fingerprint density at radius 3 is 2.21 bits per heavy atom. The predicted octanol–water partition coefficient (Wildman–Crippen LogP) is 2.16. The summed E-state index contributed by atoms with van der Waals surface area (Å²) >= 11 is 5.30. The Hall–Kier alpha value is -2.64. The summed E-state index contributed by atoms with van der Waals surface area (Å²) in [6, 6.07) is 14.5. The van der Waals surface area contributed by atoms with E-state index in [1.807, 2.05) is 43.3 Å². The molecule has 28 heavy (non-hydrogen) atoms. The fourth-order valence-corrected chi connectivity index (χ4v) is 2.75. The minimum Gasteiger partial charge on any atom is -0.494 e. The minimum absolute atomic E-state index is 0.164. The fourth-order valence-electron chi connectivity index (χ4n) is 2.53. The van der Waals surface area contributed by atoms with E-state index in [9.17, 15) is 4.79 Å². The molecule has 0 saturated carbocycles. The van der Waals surface area contributed by atoms with Gasteiger partial charge in [-0.3, -0.25) is 4.79 Å². The van der Waals surface area contributed by atoms with Gasteiger partial charge in [0.05, 0.1) is 27.2 Å². The summed E-state index contributed by atoms with van der Waals surface area (Å²) in [6.07, 6.45) is 1.05. The standard InChI is InChI=1S/C21H28N4O2S/c1-4-27-19-12-10-17(11-13-19)23-20(26)16-6-8-18(9-7-16)24-21(28)22-14-5-15-25(2)3/h6-13H,4-5,14-15H2,1-3H3,(H,23,26)(H2,22,24,28)/p+1. The Bertz CT molecular complexity index is 761. The Morgan fingerprint density at radius 2 is 1.61 bits per heavy atom. The highest BCUT2D eigenvalue weighted by atomic mass is 32.1. The topological polar surface area (TPSA) is 66.8 Å².